The van der Waals surface area contributed by atoms with Crippen molar-refractivity contribution in [3.05, 3.63) is 17.8 Å². The molecule has 2 aliphatic heterocycles. The Morgan fingerprint density at radius 2 is 2.03 bits per heavy atom. The van der Waals surface area contributed by atoms with Gasteiger partial charge in [-0.15, -0.1) is 0 Å². The Hall–Kier alpha value is -1.53. The van der Waals surface area contributed by atoms with Crippen LogP contribution in [0.4, 0.5) is 0 Å². The number of pyridine rings is 1. The van der Waals surface area contributed by atoms with Crippen LogP contribution in [0, 0.1) is 0 Å². The molecule has 0 bridgehead atoms. The fourth-order valence-electron chi connectivity index (χ4n) is 3.98. The number of thioether (sulfide) groups is 1. The number of aliphatic hydroxyl groups excluding tert-OH is 1. The van der Waals surface area contributed by atoms with Crippen LogP contribution < -0.4 is 9.46 Å². The molecule has 170 valence electrons. The molecule has 11 heteroatoms. The van der Waals surface area contributed by atoms with Crippen LogP contribution in [0.25, 0.3) is 0 Å². The molecular weight excluding hydrogens is 438 g/mol. The van der Waals surface area contributed by atoms with E-state index in [9.17, 15) is 14.4 Å². The first kappa shape index (κ1) is 22.7. The molecule has 1 aliphatic carbocycles. The average Bonchev–Trinajstić information content (AvgIpc) is 3.26. The van der Waals surface area contributed by atoms with Crippen molar-refractivity contribution in [2.45, 2.75) is 81.2 Å². The van der Waals surface area contributed by atoms with Gasteiger partial charge in [0, 0.05) is 12.2 Å². The van der Waals surface area contributed by atoms with Crippen molar-refractivity contribution < 1.29 is 19.2 Å². The molecule has 3 N–H and O–H groups in total. The highest BCUT2D eigenvalue weighted by Gasteiger charge is 2.43. The lowest BCUT2D eigenvalue weighted by Crippen LogP contribution is -2.36. The van der Waals surface area contributed by atoms with E-state index in [4.69, 9.17) is 9.73 Å². The third-order valence-corrected chi connectivity index (χ3v) is 8.17. The standard InChI is InChI=1S/C20H29N5O4S2/c1-11-16(25-19(22-11)30-18(23-25)20(2,3)27)12-9-15(17(29-4)21-10-12)31(28)24-13-5-7-14(26)8-6-13/h9-11,13-14,16,24,26-27H,5-8H2,1-4H3. The van der Waals surface area contributed by atoms with E-state index in [1.807, 2.05) is 18.0 Å². The molecule has 0 radical (unpaired) electrons. The SMILES string of the molecule is COc1ncc(C2C(C)N=C3SC(C(C)(C)O)=NN32)cc1S(=O)NC1CCC(O)CC1. The normalized spacial score (nSPS) is 29.4. The Kier molecular flexibility index (Phi) is 6.42. The Labute approximate surface area is 189 Å². The van der Waals surface area contributed by atoms with Crippen molar-refractivity contribution >= 4 is 33.0 Å². The van der Waals surface area contributed by atoms with Crippen LogP contribution in [-0.4, -0.2) is 65.5 Å². The first-order chi connectivity index (χ1) is 14.7. The van der Waals surface area contributed by atoms with Crippen molar-refractivity contribution in [1.29, 1.82) is 0 Å². The van der Waals surface area contributed by atoms with Crippen LogP contribution >= 0.6 is 11.8 Å². The van der Waals surface area contributed by atoms with Crippen molar-refractivity contribution in [1.82, 2.24) is 14.7 Å². The van der Waals surface area contributed by atoms with Crippen LogP contribution in [0.1, 0.15) is 58.1 Å². The van der Waals surface area contributed by atoms with Crippen LogP contribution in [0.3, 0.4) is 0 Å². The summed E-state index contributed by atoms with van der Waals surface area (Å²) in [6.07, 6.45) is 4.41. The summed E-state index contributed by atoms with van der Waals surface area (Å²) in [5.74, 6) is 0.314. The summed E-state index contributed by atoms with van der Waals surface area (Å²) in [5.41, 5.74) is -0.217. The minimum absolute atomic E-state index is 0.0705. The lowest BCUT2D eigenvalue weighted by atomic mass is 9.94. The van der Waals surface area contributed by atoms with Gasteiger partial charge in [0.1, 0.15) is 32.6 Å². The Bertz CT molecular complexity index is 925. The summed E-state index contributed by atoms with van der Waals surface area (Å²) in [6.45, 7) is 5.40. The third kappa shape index (κ3) is 4.65. The minimum Gasteiger partial charge on any atom is -0.480 e. The second-order valence-corrected chi connectivity index (χ2v) is 10.8. The third-order valence-electron chi connectivity index (χ3n) is 5.68. The van der Waals surface area contributed by atoms with Gasteiger partial charge in [-0.2, -0.15) is 5.10 Å². The van der Waals surface area contributed by atoms with Crippen molar-refractivity contribution in [3.63, 3.8) is 0 Å². The predicted molar refractivity (Wildman–Crippen MR) is 121 cm³/mol. The van der Waals surface area contributed by atoms with E-state index in [1.165, 1.54) is 18.9 Å². The zero-order chi connectivity index (χ0) is 22.3. The number of aromatic nitrogens is 1. The largest absolute Gasteiger partial charge is 0.480 e. The van der Waals surface area contributed by atoms with E-state index in [0.29, 0.717) is 28.7 Å². The van der Waals surface area contributed by atoms with E-state index >= 15 is 0 Å². The second-order valence-electron chi connectivity index (χ2n) is 8.68. The summed E-state index contributed by atoms with van der Waals surface area (Å²) in [7, 11) is 0.00127. The lowest BCUT2D eigenvalue weighted by Gasteiger charge is -2.26. The van der Waals surface area contributed by atoms with Crippen LogP contribution in [0.2, 0.25) is 0 Å². The molecule has 0 amide bonds. The summed E-state index contributed by atoms with van der Waals surface area (Å²) in [4.78, 5) is 9.58. The maximum atomic E-state index is 13.1. The maximum absolute atomic E-state index is 13.1. The number of methoxy groups -OCH3 is 1. The van der Waals surface area contributed by atoms with Gasteiger partial charge in [0.25, 0.3) is 0 Å². The van der Waals surface area contributed by atoms with Gasteiger partial charge in [-0.1, -0.05) is 0 Å². The molecule has 0 aromatic carbocycles. The number of fused-ring (bicyclic) bond motifs is 1. The zero-order valence-corrected chi connectivity index (χ0v) is 19.7. The molecule has 3 atom stereocenters. The number of hydrazone groups is 1. The number of hydrogen-bond acceptors (Lipinski definition) is 9. The number of ether oxygens (including phenoxy) is 1. The minimum atomic E-state index is -1.51. The van der Waals surface area contributed by atoms with E-state index < -0.39 is 16.6 Å². The molecule has 3 heterocycles. The highest BCUT2D eigenvalue weighted by atomic mass is 32.2. The van der Waals surface area contributed by atoms with Gasteiger partial charge in [-0.05, 0) is 69.8 Å². The predicted octanol–water partition coefficient (Wildman–Crippen LogP) is 1.94. The summed E-state index contributed by atoms with van der Waals surface area (Å²) >= 11 is 1.37. The number of aliphatic hydroxyl groups is 2. The van der Waals surface area contributed by atoms with Crippen LogP contribution in [0.15, 0.2) is 27.3 Å². The van der Waals surface area contributed by atoms with Gasteiger partial charge in [-0.3, -0.25) is 4.99 Å². The molecule has 1 fully saturated rings. The van der Waals surface area contributed by atoms with Gasteiger partial charge in [0.15, 0.2) is 5.17 Å². The van der Waals surface area contributed by atoms with Gasteiger partial charge in [0.2, 0.25) is 5.88 Å². The van der Waals surface area contributed by atoms with E-state index in [2.05, 4.69) is 14.8 Å². The fraction of sp³-hybridized carbons (Fsp3) is 0.650. The maximum Gasteiger partial charge on any atom is 0.231 e. The van der Waals surface area contributed by atoms with Crippen molar-refractivity contribution in [3.8, 4) is 5.88 Å². The van der Waals surface area contributed by atoms with Gasteiger partial charge < -0.3 is 14.9 Å². The number of nitrogens with one attached hydrogen (secondary N) is 1. The Balaban J connectivity index is 1.58. The molecule has 0 saturated heterocycles. The molecule has 1 aromatic rings. The number of amidine groups is 1. The molecule has 3 unspecified atom stereocenters. The topological polar surface area (TPSA) is 120 Å². The Morgan fingerprint density at radius 3 is 2.68 bits per heavy atom. The highest BCUT2D eigenvalue weighted by Crippen LogP contribution is 2.42. The van der Waals surface area contributed by atoms with Crippen molar-refractivity contribution in [2.24, 2.45) is 10.1 Å². The smallest absolute Gasteiger partial charge is 0.231 e. The van der Waals surface area contributed by atoms with Gasteiger partial charge >= 0.3 is 0 Å². The zero-order valence-electron chi connectivity index (χ0n) is 18.1. The summed E-state index contributed by atoms with van der Waals surface area (Å²) < 4.78 is 21.7. The first-order valence-electron chi connectivity index (χ1n) is 10.4. The molecular formula is C20H29N5O4S2. The van der Waals surface area contributed by atoms with Crippen LogP contribution in [-0.2, 0) is 11.0 Å². The van der Waals surface area contributed by atoms with E-state index in [0.717, 1.165) is 23.6 Å². The lowest BCUT2D eigenvalue weighted by molar-refractivity contribution is 0.121. The van der Waals surface area contributed by atoms with Crippen molar-refractivity contribution in [2.75, 3.05) is 7.11 Å². The van der Waals surface area contributed by atoms with E-state index in [-0.39, 0.29) is 24.2 Å². The monoisotopic (exact) mass is 467 g/mol. The van der Waals surface area contributed by atoms with Gasteiger partial charge in [0.05, 0.1) is 19.3 Å². The molecule has 1 saturated carbocycles. The second kappa shape index (κ2) is 8.78. The highest BCUT2D eigenvalue weighted by molar-refractivity contribution is 8.27. The van der Waals surface area contributed by atoms with E-state index in [1.54, 1.807) is 20.0 Å². The molecule has 4 rings (SSSR count). The molecule has 3 aliphatic rings. The summed E-state index contributed by atoms with van der Waals surface area (Å²) in [6, 6.07) is 1.64. The molecule has 9 nitrogen and oxygen atoms in total. The number of rotatable bonds is 6. The van der Waals surface area contributed by atoms with Crippen LogP contribution in [0.5, 0.6) is 5.88 Å². The quantitative estimate of drug-likeness (QED) is 0.585. The molecule has 0 spiro atoms. The summed E-state index contributed by atoms with van der Waals surface area (Å²) in [5, 5.41) is 27.8. The number of nitrogens with zero attached hydrogens (tertiary/aromatic N) is 4. The van der Waals surface area contributed by atoms with Gasteiger partial charge in [-0.25, -0.2) is 18.9 Å². The number of aliphatic imine (C=N–C) groups is 1. The Morgan fingerprint density at radius 1 is 1.32 bits per heavy atom. The molecule has 1 aromatic heterocycles. The number of hydrogen-bond donors (Lipinski definition) is 3. The first-order valence-corrected chi connectivity index (χ1v) is 12.4. The fourth-order valence-corrected chi connectivity index (χ4v) is 6.20. The average molecular weight is 468 g/mol. The molecule has 31 heavy (non-hydrogen) atoms.